The first-order valence-corrected chi connectivity index (χ1v) is 9.88. The summed E-state index contributed by atoms with van der Waals surface area (Å²) in [5.74, 6) is -0.988. The Kier molecular flexibility index (Phi) is 6.94. The number of aryl methyl sites for hydroxylation is 1. The third kappa shape index (κ3) is 5.84. The Morgan fingerprint density at radius 2 is 1.76 bits per heavy atom. The Bertz CT molecular complexity index is 871. The molecule has 152 valence electrons. The van der Waals surface area contributed by atoms with Gasteiger partial charge < -0.3 is 10.2 Å². The van der Waals surface area contributed by atoms with Crippen LogP contribution in [0.2, 0.25) is 0 Å². The molecule has 1 fully saturated rings. The lowest BCUT2D eigenvalue weighted by molar-refractivity contribution is -0.121. The van der Waals surface area contributed by atoms with Crippen molar-refractivity contribution in [1.82, 2.24) is 0 Å². The number of aliphatic hydroxyl groups excluding tert-OH is 1. The van der Waals surface area contributed by atoms with Crippen LogP contribution >= 0.6 is 0 Å². The van der Waals surface area contributed by atoms with Crippen LogP contribution in [0, 0.1) is 17.7 Å². The molecule has 0 aliphatic heterocycles. The minimum atomic E-state index is -0.952. The zero-order chi connectivity index (χ0) is 20.8. The number of carbonyl (C=O) groups is 2. The Morgan fingerprint density at radius 1 is 1.10 bits per heavy atom. The smallest absolute Gasteiger partial charge is 0.335 e. The number of rotatable bonds is 8. The van der Waals surface area contributed by atoms with E-state index >= 15 is 0 Å². The molecule has 0 saturated heterocycles. The van der Waals surface area contributed by atoms with Crippen LogP contribution in [0.4, 0.5) is 4.39 Å². The van der Waals surface area contributed by atoms with Gasteiger partial charge in [-0.15, -0.1) is 0 Å². The zero-order valence-corrected chi connectivity index (χ0v) is 16.1. The summed E-state index contributed by atoms with van der Waals surface area (Å²) in [4.78, 5) is 23.2. The van der Waals surface area contributed by atoms with E-state index in [0.29, 0.717) is 25.7 Å². The summed E-state index contributed by atoms with van der Waals surface area (Å²) < 4.78 is 13.0. The average molecular weight is 396 g/mol. The fraction of sp³-hybridized carbons (Fsp3) is 0.333. The second kappa shape index (κ2) is 9.61. The van der Waals surface area contributed by atoms with Crippen molar-refractivity contribution in [3.8, 4) is 0 Å². The molecule has 0 radical (unpaired) electrons. The normalized spacial score (nSPS) is 20.3. The number of hydrogen-bond donors (Lipinski definition) is 2. The molecule has 2 N–H and O–H groups in total. The fourth-order valence-corrected chi connectivity index (χ4v) is 3.88. The molecule has 5 heteroatoms. The topological polar surface area (TPSA) is 74.6 Å². The maximum atomic E-state index is 13.0. The SMILES string of the molecule is O=C(O)c1ccc(CC[C@H]2C(=O)CC[C@@H]2/C=C/C(O)Cc2ccc(F)cc2)cc1. The molecule has 3 atom stereocenters. The number of ketones is 1. The molecule has 0 amide bonds. The van der Waals surface area contributed by atoms with Crippen LogP contribution < -0.4 is 0 Å². The molecule has 1 unspecified atom stereocenters. The lowest BCUT2D eigenvalue weighted by Gasteiger charge is -2.16. The van der Waals surface area contributed by atoms with Crippen LogP contribution in [-0.4, -0.2) is 28.1 Å². The predicted octanol–water partition coefficient (Wildman–Crippen LogP) is 4.21. The molecule has 0 heterocycles. The highest BCUT2D eigenvalue weighted by Crippen LogP contribution is 2.33. The number of aliphatic hydroxyl groups is 1. The molecule has 4 nitrogen and oxygen atoms in total. The Morgan fingerprint density at radius 3 is 2.41 bits per heavy atom. The van der Waals surface area contributed by atoms with Crippen molar-refractivity contribution in [2.45, 2.75) is 38.2 Å². The molecule has 0 spiro atoms. The molecule has 1 saturated carbocycles. The average Bonchev–Trinajstić information content (AvgIpc) is 3.06. The Labute approximate surface area is 169 Å². The van der Waals surface area contributed by atoms with Crippen LogP contribution in [0.5, 0.6) is 0 Å². The highest BCUT2D eigenvalue weighted by molar-refractivity contribution is 5.87. The lowest BCUT2D eigenvalue weighted by Crippen LogP contribution is -2.15. The van der Waals surface area contributed by atoms with Crippen molar-refractivity contribution in [3.05, 3.63) is 83.2 Å². The number of allylic oxidation sites excluding steroid dienone is 1. The first-order chi connectivity index (χ1) is 13.9. The molecule has 2 aromatic rings. The van der Waals surface area contributed by atoms with Gasteiger partial charge >= 0.3 is 5.97 Å². The van der Waals surface area contributed by atoms with E-state index in [1.807, 2.05) is 6.08 Å². The van der Waals surface area contributed by atoms with Crippen LogP contribution in [0.3, 0.4) is 0 Å². The molecule has 3 rings (SSSR count). The van der Waals surface area contributed by atoms with Gasteiger partial charge in [0.05, 0.1) is 11.7 Å². The molecular formula is C24H25FO4. The molecule has 2 aromatic carbocycles. The molecular weight excluding hydrogens is 371 g/mol. The van der Waals surface area contributed by atoms with Crippen LogP contribution in [0.25, 0.3) is 0 Å². The number of halogens is 1. The van der Waals surface area contributed by atoms with Gasteiger partial charge in [-0.2, -0.15) is 0 Å². The van der Waals surface area contributed by atoms with Gasteiger partial charge in [-0.1, -0.05) is 36.4 Å². The number of aromatic carboxylic acids is 1. The van der Waals surface area contributed by atoms with Crippen molar-refractivity contribution in [2.24, 2.45) is 11.8 Å². The van der Waals surface area contributed by atoms with Gasteiger partial charge in [-0.05, 0) is 60.6 Å². The van der Waals surface area contributed by atoms with Crippen molar-refractivity contribution >= 4 is 11.8 Å². The van der Waals surface area contributed by atoms with E-state index in [1.165, 1.54) is 12.1 Å². The highest BCUT2D eigenvalue weighted by atomic mass is 19.1. The Balaban J connectivity index is 1.55. The third-order valence-electron chi connectivity index (χ3n) is 5.54. The van der Waals surface area contributed by atoms with E-state index in [9.17, 15) is 19.1 Å². The maximum Gasteiger partial charge on any atom is 0.335 e. The first kappa shape index (κ1) is 20.9. The number of carbonyl (C=O) groups excluding carboxylic acids is 1. The maximum absolute atomic E-state index is 13.0. The minimum absolute atomic E-state index is 0.0802. The second-order valence-corrected chi connectivity index (χ2v) is 7.60. The summed E-state index contributed by atoms with van der Waals surface area (Å²) in [6.45, 7) is 0. The van der Waals surface area contributed by atoms with Crippen molar-refractivity contribution in [1.29, 1.82) is 0 Å². The second-order valence-electron chi connectivity index (χ2n) is 7.60. The molecule has 0 bridgehead atoms. The summed E-state index contributed by atoms with van der Waals surface area (Å²) in [6, 6.07) is 12.8. The zero-order valence-electron chi connectivity index (χ0n) is 16.1. The number of Topliss-reactive ketones (excluding diaryl/α,β-unsaturated/α-hetero) is 1. The van der Waals surface area contributed by atoms with Crippen LogP contribution in [0.1, 0.15) is 40.7 Å². The van der Waals surface area contributed by atoms with Crippen LogP contribution in [-0.2, 0) is 17.6 Å². The number of hydrogen-bond acceptors (Lipinski definition) is 3. The summed E-state index contributed by atoms with van der Waals surface area (Å²) in [5.41, 5.74) is 2.11. The van der Waals surface area contributed by atoms with E-state index < -0.39 is 12.1 Å². The van der Waals surface area contributed by atoms with Crippen molar-refractivity contribution in [2.75, 3.05) is 0 Å². The number of benzene rings is 2. The predicted molar refractivity (Wildman–Crippen MR) is 108 cm³/mol. The van der Waals surface area contributed by atoms with Crippen molar-refractivity contribution < 1.29 is 24.2 Å². The number of carboxylic acid groups (broad SMARTS) is 1. The van der Waals surface area contributed by atoms with Gasteiger partial charge in [0.2, 0.25) is 0 Å². The van der Waals surface area contributed by atoms with Gasteiger partial charge in [0.1, 0.15) is 11.6 Å². The third-order valence-corrected chi connectivity index (χ3v) is 5.54. The highest BCUT2D eigenvalue weighted by Gasteiger charge is 2.32. The van der Waals surface area contributed by atoms with Gasteiger partial charge in [-0.25, -0.2) is 9.18 Å². The summed E-state index contributed by atoms with van der Waals surface area (Å²) in [7, 11) is 0. The summed E-state index contributed by atoms with van der Waals surface area (Å²) in [5, 5.41) is 19.2. The quantitative estimate of drug-likeness (QED) is 0.656. The Hall–Kier alpha value is -2.79. The van der Waals surface area contributed by atoms with E-state index in [0.717, 1.165) is 17.5 Å². The van der Waals surface area contributed by atoms with Gasteiger partial charge in [0, 0.05) is 18.8 Å². The van der Waals surface area contributed by atoms with E-state index in [1.54, 1.807) is 42.5 Å². The van der Waals surface area contributed by atoms with Crippen molar-refractivity contribution in [3.63, 3.8) is 0 Å². The van der Waals surface area contributed by atoms with E-state index in [4.69, 9.17) is 5.11 Å². The standard InChI is InChI=1S/C24H25FO4/c25-20-10-3-17(4-11-20)15-21(26)12-8-18-9-14-23(27)22(18)13-5-16-1-6-19(7-2-16)24(28)29/h1-4,6-8,10-12,18,21-22,26H,5,9,13-15H2,(H,28,29)/b12-8+/t18-,21?,22+/m0/s1. The molecule has 1 aliphatic carbocycles. The minimum Gasteiger partial charge on any atom is -0.478 e. The lowest BCUT2D eigenvalue weighted by atomic mass is 9.88. The van der Waals surface area contributed by atoms with Gasteiger partial charge in [0.25, 0.3) is 0 Å². The molecule has 1 aliphatic rings. The first-order valence-electron chi connectivity index (χ1n) is 9.88. The molecule has 29 heavy (non-hydrogen) atoms. The molecule has 0 aromatic heterocycles. The largest absolute Gasteiger partial charge is 0.478 e. The van der Waals surface area contributed by atoms with E-state index in [2.05, 4.69) is 0 Å². The summed E-state index contributed by atoms with van der Waals surface area (Å²) in [6.07, 6.45) is 6.14. The van der Waals surface area contributed by atoms with Crippen LogP contribution in [0.15, 0.2) is 60.7 Å². The van der Waals surface area contributed by atoms with Gasteiger partial charge in [0.15, 0.2) is 0 Å². The summed E-state index contributed by atoms with van der Waals surface area (Å²) >= 11 is 0. The monoisotopic (exact) mass is 396 g/mol. The van der Waals surface area contributed by atoms with E-state index in [-0.39, 0.29) is 29.0 Å². The number of carboxylic acids is 1. The fourth-order valence-electron chi connectivity index (χ4n) is 3.88. The van der Waals surface area contributed by atoms with Gasteiger partial charge in [-0.3, -0.25) is 4.79 Å².